The molecule has 2 N–H and O–H groups in total. The summed E-state index contributed by atoms with van der Waals surface area (Å²) < 4.78 is 0. The lowest BCUT2D eigenvalue weighted by Gasteiger charge is -2.62. The molecule has 1 atom stereocenters. The number of carbonyl (C=O) groups excluding carboxylic acids is 2. The Hall–Kier alpha value is -1.06. The average molecular weight is 479 g/mol. The molecule has 0 saturated carbocycles. The SMILES string of the molecule is CCC1(C)NC(=O)N(CCCNC(=NC)N2CC(C)(C)C2(C)C)C1=O.I. The molecule has 2 aliphatic rings. The van der Waals surface area contributed by atoms with E-state index in [2.05, 4.69) is 48.2 Å². The highest BCUT2D eigenvalue weighted by atomic mass is 127. The number of guanidine groups is 1. The molecule has 0 bridgehead atoms. The first-order valence-corrected chi connectivity index (χ1v) is 9.12. The van der Waals surface area contributed by atoms with Gasteiger partial charge in [-0.1, -0.05) is 20.8 Å². The van der Waals surface area contributed by atoms with Crippen molar-refractivity contribution >= 4 is 41.9 Å². The summed E-state index contributed by atoms with van der Waals surface area (Å²) in [5.74, 6) is 0.745. The lowest BCUT2D eigenvalue weighted by molar-refractivity contribution is -0.130. The van der Waals surface area contributed by atoms with Gasteiger partial charge in [-0.25, -0.2) is 4.79 Å². The fourth-order valence-corrected chi connectivity index (χ4v) is 3.32. The lowest BCUT2D eigenvalue weighted by Crippen LogP contribution is -2.72. The molecule has 26 heavy (non-hydrogen) atoms. The fraction of sp³-hybridized carbons (Fsp3) is 0.833. The number of halogens is 1. The zero-order chi connectivity index (χ0) is 19.0. The van der Waals surface area contributed by atoms with Crippen LogP contribution in [0.1, 0.15) is 54.4 Å². The number of urea groups is 1. The van der Waals surface area contributed by atoms with Crippen molar-refractivity contribution in [2.75, 3.05) is 26.7 Å². The van der Waals surface area contributed by atoms with E-state index in [1.165, 1.54) is 4.90 Å². The highest BCUT2D eigenvalue weighted by Gasteiger charge is 2.53. The summed E-state index contributed by atoms with van der Waals surface area (Å²) >= 11 is 0. The van der Waals surface area contributed by atoms with E-state index in [4.69, 9.17) is 0 Å². The van der Waals surface area contributed by atoms with Crippen molar-refractivity contribution in [3.63, 3.8) is 0 Å². The standard InChI is InChI=1S/C18H33N5O2.HI/c1-8-18(6)13(24)22(15(25)21-18)11-9-10-20-14(19-7)23-12-16(2,3)17(23,4)5;/h8-12H2,1-7H3,(H,19,20)(H,21,25);1H. The first-order valence-electron chi connectivity index (χ1n) is 9.12. The number of rotatable bonds is 5. The van der Waals surface area contributed by atoms with Crippen molar-refractivity contribution < 1.29 is 9.59 Å². The summed E-state index contributed by atoms with van der Waals surface area (Å²) in [5, 5.41) is 6.14. The molecule has 0 aromatic carbocycles. The number of likely N-dealkylation sites (tertiary alicyclic amines) is 1. The molecule has 2 fully saturated rings. The van der Waals surface area contributed by atoms with Crippen molar-refractivity contribution in [2.24, 2.45) is 10.4 Å². The topological polar surface area (TPSA) is 77.0 Å². The zero-order valence-electron chi connectivity index (χ0n) is 17.1. The molecule has 3 amide bonds. The molecule has 0 aromatic rings. The molecule has 0 radical (unpaired) electrons. The Balaban J connectivity index is 0.00000338. The third-order valence-electron chi connectivity index (χ3n) is 6.25. The summed E-state index contributed by atoms with van der Waals surface area (Å²) in [6.07, 6.45) is 1.29. The average Bonchev–Trinajstić information content (AvgIpc) is 2.76. The van der Waals surface area contributed by atoms with Crippen molar-refractivity contribution in [1.29, 1.82) is 0 Å². The molecule has 8 heteroatoms. The first kappa shape index (κ1) is 23.0. The Morgan fingerprint density at radius 1 is 1.23 bits per heavy atom. The van der Waals surface area contributed by atoms with Crippen LogP contribution in [0, 0.1) is 5.41 Å². The Labute approximate surface area is 174 Å². The molecule has 2 heterocycles. The van der Waals surface area contributed by atoms with Crippen LogP contribution in [0.2, 0.25) is 0 Å². The molecule has 0 aliphatic carbocycles. The van der Waals surface area contributed by atoms with Crippen LogP contribution in [0.3, 0.4) is 0 Å². The summed E-state index contributed by atoms with van der Waals surface area (Å²) in [5.41, 5.74) is -0.467. The summed E-state index contributed by atoms with van der Waals surface area (Å²) in [4.78, 5) is 32.3. The van der Waals surface area contributed by atoms with Crippen LogP contribution in [0.4, 0.5) is 4.79 Å². The number of hydrogen-bond donors (Lipinski definition) is 2. The van der Waals surface area contributed by atoms with Crippen molar-refractivity contribution in [1.82, 2.24) is 20.4 Å². The molecule has 2 aliphatic heterocycles. The van der Waals surface area contributed by atoms with E-state index in [1.807, 2.05) is 6.92 Å². The molecule has 7 nitrogen and oxygen atoms in total. The van der Waals surface area contributed by atoms with Gasteiger partial charge in [0.25, 0.3) is 5.91 Å². The first-order chi connectivity index (χ1) is 11.5. The maximum atomic E-state index is 12.4. The van der Waals surface area contributed by atoms with Crippen LogP contribution < -0.4 is 10.6 Å². The number of aliphatic imine (C=N–C) groups is 1. The van der Waals surface area contributed by atoms with E-state index in [0.29, 0.717) is 25.9 Å². The van der Waals surface area contributed by atoms with Crippen molar-refractivity contribution in [3.05, 3.63) is 0 Å². The van der Waals surface area contributed by atoms with Gasteiger partial charge >= 0.3 is 6.03 Å². The number of imide groups is 1. The monoisotopic (exact) mass is 479 g/mol. The van der Waals surface area contributed by atoms with Crippen LogP contribution in [0.5, 0.6) is 0 Å². The van der Waals surface area contributed by atoms with Crippen LogP contribution in [0.15, 0.2) is 4.99 Å². The molecule has 150 valence electrons. The van der Waals surface area contributed by atoms with E-state index >= 15 is 0 Å². The van der Waals surface area contributed by atoms with Gasteiger partial charge in [-0.2, -0.15) is 0 Å². The minimum absolute atomic E-state index is 0. The van der Waals surface area contributed by atoms with Crippen molar-refractivity contribution in [2.45, 2.75) is 65.5 Å². The summed E-state index contributed by atoms with van der Waals surface area (Å²) in [7, 11) is 1.79. The minimum Gasteiger partial charge on any atom is -0.356 e. The smallest absolute Gasteiger partial charge is 0.325 e. The predicted octanol–water partition coefficient (Wildman–Crippen LogP) is 2.41. The van der Waals surface area contributed by atoms with Gasteiger partial charge in [-0.05, 0) is 33.6 Å². The second-order valence-corrected chi connectivity index (χ2v) is 8.43. The molecule has 0 spiro atoms. The molecular formula is C18H34IN5O2. The predicted molar refractivity (Wildman–Crippen MR) is 115 cm³/mol. The maximum absolute atomic E-state index is 12.4. The number of carbonyl (C=O) groups is 2. The molecule has 0 aromatic heterocycles. The van der Waals surface area contributed by atoms with Gasteiger partial charge in [-0.15, -0.1) is 24.0 Å². The van der Waals surface area contributed by atoms with E-state index in [0.717, 1.165) is 12.5 Å². The fourth-order valence-electron chi connectivity index (χ4n) is 3.32. The van der Waals surface area contributed by atoms with E-state index < -0.39 is 5.54 Å². The third kappa shape index (κ3) is 3.80. The molecule has 2 saturated heterocycles. The Morgan fingerprint density at radius 2 is 1.85 bits per heavy atom. The Bertz CT molecular complexity index is 590. The van der Waals surface area contributed by atoms with Gasteiger partial charge < -0.3 is 15.5 Å². The molecule has 2 rings (SSSR count). The zero-order valence-corrected chi connectivity index (χ0v) is 19.4. The van der Waals surface area contributed by atoms with Crippen LogP contribution >= 0.6 is 24.0 Å². The highest BCUT2D eigenvalue weighted by Crippen LogP contribution is 2.46. The van der Waals surface area contributed by atoms with Crippen LogP contribution in [-0.2, 0) is 4.79 Å². The number of amides is 3. The third-order valence-corrected chi connectivity index (χ3v) is 6.25. The second kappa shape index (κ2) is 7.90. The van der Waals surface area contributed by atoms with Gasteiger partial charge in [0.15, 0.2) is 5.96 Å². The lowest BCUT2D eigenvalue weighted by atomic mass is 9.65. The van der Waals surface area contributed by atoms with Gasteiger partial charge in [0, 0.05) is 37.6 Å². The maximum Gasteiger partial charge on any atom is 0.325 e. The van der Waals surface area contributed by atoms with E-state index in [-0.39, 0.29) is 46.9 Å². The molecular weight excluding hydrogens is 445 g/mol. The summed E-state index contributed by atoms with van der Waals surface area (Å²) in [6, 6.07) is -0.288. The number of hydrogen-bond acceptors (Lipinski definition) is 3. The van der Waals surface area contributed by atoms with E-state index in [1.54, 1.807) is 14.0 Å². The van der Waals surface area contributed by atoms with E-state index in [9.17, 15) is 9.59 Å². The number of nitrogens with one attached hydrogen (secondary N) is 2. The normalized spacial score (nSPS) is 27.0. The summed E-state index contributed by atoms with van der Waals surface area (Å²) in [6.45, 7) is 14.7. The van der Waals surface area contributed by atoms with Gasteiger partial charge in [0.2, 0.25) is 0 Å². The minimum atomic E-state index is -0.756. The van der Waals surface area contributed by atoms with Gasteiger partial charge in [0.1, 0.15) is 5.54 Å². The van der Waals surface area contributed by atoms with Crippen LogP contribution in [0.25, 0.3) is 0 Å². The Kier molecular flexibility index (Phi) is 6.98. The van der Waals surface area contributed by atoms with Crippen molar-refractivity contribution in [3.8, 4) is 0 Å². The number of nitrogens with zero attached hydrogens (tertiary/aromatic N) is 3. The van der Waals surface area contributed by atoms with Gasteiger partial charge in [0.05, 0.1) is 0 Å². The quantitative estimate of drug-likeness (QED) is 0.209. The molecule has 1 unspecified atom stereocenters. The van der Waals surface area contributed by atoms with Gasteiger partial charge in [-0.3, -0.25) is 14.7 Å². The van der Waals surface area contributed by atoms with Crippen LogP contribution in [-0.4, -0.2) is 65.5 Å². The largest absolute Gasteiger partial charge is 0.356 e. The Morgan fingerprint density at radius 3 is 2.27 bits per heavy atom. The highest BCUT2D eigenvalue weighted by molar-refractivity contribution is 14.0. The second-order valence-electron chi connectivity index (χ2n) is 8.43.